The number of aromatic nitrogens is 1. The zero-order valence-corrected chi connectivity index (χ0v) is 11.2. The molecular weight excluding hydrogens is 252 g/mol. The summed E-state index contributed by atoms with van der Waals surface area (Å²) in [5.41, 5.74) is 0.233. The van der Waals surface area contributed by atoms with Crippen molar-refractivity contribution in [2.75, 3.05) is 18.0 Å². The summed E-state index contributed by atoms with van der Waals surface area (Å²) >= 11 is 5.87. The van der Waals surface area contributed by atoms with Crippen LogP contribution in [0.4, 0.5) is 5.82 Å². The molecule has 0 amide bonds. The minimum atomic E-state index is -0.951. The number of pyridine rings is 1. The second-order valence-corrected chi connectivity index (χ2v) is 5.09. The van der Waals surface area contributed by atoms with E-state index in [1.54, 1.807) is 0 Å². The van der Waals surface area contributed by atoms with E-state index in [1.165, 1.54) is 18.6 Å². The molecule has 98 valence electrons. The fourth-order valence-electron chi connectivity index (χ4n) is 2.50. The van der Waals surface area contributed by atoms with E-state index in [9.17, 15) is 9.90 Å². The number of halogens is 1. The van der Waals surface area contributed by atoms with Gasteiger partial charge < -0.3 is 10.0 Å². The maximum atomic E-state index is 11.2. The van der Waals surface area contributed by atoms with Crippen molar-refractivity contribution in [3.05, 3.63) is 22.8 Å². The van der Waals surface area contributed by atoms with Gasteiger partial charge in [-0.15, -0.1) is 0 Å². The Morgan fingerprint density at radius 3 is 3.06 bits per heavy atom. The van der Waals surface area contributed by atoms with Crippen LogP contribution in [0.15, 0.2) is 12.1 Å². The summed E-state index contributed by atoms with van der Waals surface area (Å²) in [6.07, 6.45) is 3.44. The SMILES string of the molecule is CCCC1CCN(c2nc(Cl)ccc2C(=O)O)C1. The summed E-state index contributed by atoms with van der Waals surface area (Å²) < 4.78 is 0. The lowest BCUT2D eigenvalue weighted by Gasteiger charge is -2.19. The normalized spacial score (nSPS) is 19.2. The molecule has 1 saturated heterocycles. The van der Waals surface area contributed by atoms with Gasteiger partial charge in [0.1, 0.15) is 16.5 Å². The fourth-order valence-corrected chi connectivity index (χ4v) is 2.65. The van der Waals surface area contributed by atoms with Gasteiger partial charge in [-0.05, 0) is 30.9 Å². The average molecular weight is 269 g/mol. The Bertz CT molecular complexity index is 451. The molecular formula is C13H17ClN2O2. The molecule has 1 fully saturated rings. The van der Waals surface area contributed by atoms with Crippen molar-refractivity contribution in [3.8, 4) is 0 Å². The molecule has 0 saturated carbocycles. The molecule has 0 spiro atoms. The van der Waals surface area contributed by atoms with Crippen molar-refractivity contribution in [2.45, 2.75) is 26.2 Å². The lowest BCUT2D eigenvalue weighted by Crippen LogP contribution is -2.23. The van der Waals surface area contributed by atoms with Crippen LogP contribution >= 0.6 is 11.6 Å². The van der Waals surface area contributed by atoms with E-state index in [0.29, 0.717) is 16.9 Å². The molecule has 1 N–H and O–H groups in total. The summed E-state index contributed by atoms with van der Waals surface area (Å²) in [6, 6.07) is 3.05. The summed E-state index contributed by atoms with van der Waals surface area (Å²) in [7, 11) is 0. The Labute approximate surface area is 112 Å². The van der Waals surface area contributed by atoms with Crippen molar-refractivity contribution in [3.63, 3.8) is 0 Å². The first kappa shape index (κ1) is 13.1. The number of carboxylic acid groups (broad SMARTS) is 1. The lowest BCUT2D eigenvalue weighted by atomic mass is 10.0. The summed E-state index contributed by atoms with van der Waals surface area (Å²) in [5.74, 6) is 0.194. The molecule has 0 aromatic carbocycles. The zero-order chi connectivity index (χ0) is 13.1. The van der Waals surface area contributed by atoms with Crippen molar-refractivity contribution in [2.24, 2.45) is 5.92 Å². The molecule has 1 aliphatic heterocycles. The highest BCUT2D eigenvalue weighted by Crippen LogP contribution is 2.28. The maximum absolute atomic E-state index is 11.2. The number of carboxylic acids is 1. The van der Waals surface area contributed by atoms with Gasteiger partial charge in [-0.1, -0.05) is 24.9 Å². The lowest BCUT2D eigenvalue weighted by molar-refractivity contribution is 0.0697. The minimum Gasteiger partial charge on any atom is -0.478 e. The van der Waals surface area contributed by atoms with Crippen LogP contribution < -0.4 is 4.90 Å². The molecule has 18 heavy (non-hydrogen) atoms. The standard InChI is InChI=1S/C13H17ClN2O2/c1-2-3-9-6-7-16(8-9)12-10(13(17)18)4-5-11(14)15-12/h4-5,9H,2-3,6-8H2,1H3,(H,17,18). The molecule has 1 aromatic heterocycles. The third-order valence-electron chi connectivity index (χ3n) is 3.35. The first-order chi connectivity index (χ1) is 8.61. The van der Waals surface area contributed by atoms with Crippen LogP contribution in [-0.2, 0) is 0 Å². The smallest absolute Gasteiger partial charge is 0.339 e. The second-order valence-electron chi connectivity index (χ2n) is 4.70. The molecule has 1 atom stereocenters. The first-order valence-electron chi connectivity index (χ1n) is 6.26. The number of aromatic carboxylic acids is 1. The fraction of sp³-hybridized carbons (Fsp3) is 0.538. The minimum absolute atomic E-state index is 0.233. The van der Waals surface area contributed by atoms with Gasteiger partial charge in [0.2, 0.25) is 0 Å². The van der Waals surface area contributed by atoms with Crippen LogP contribution in [0.2, 0.25) is 5.15 Å². The highest BCUT2D eigenvalue weighted by Gasteiger charge is 2.26. The van der Waals surface area contributed by atoms with Gasteiger partial charge in [-0.3, -0.25) is 0 Å². The molecule has 0 aliphatic carbocycles. The van der Waals surface area contributed by atoms with E-state index in [4.69, 9.17) is 11.6 Å². The number of carbonyl (C=O) groups is 1. The predicted molar refractivity (Wildman–Crippen MR) is 71.4 cm³/mol. The van der Waals surface area contributed by atoms with Crippen LogP contribution in [0.1, 0.15) is 36.5 Å². The van der Waals surface area contributed by atoms with Crippen LogP contribution in [-0.4, -0.2) is 29.1 Å². The molecule has 4 nitrogen and oxygen atoms in total. The van der Waals surface area contributed by atoms with Crippen molar-refractivity contribution in [1.29, 1.82) is 0 Å². The highest BCUT2D eigenvalue weighted by molar-refractivity contribution is 6.29. The van der Waals surface area contributed by atoms with Crippen molar-refractivity contribution < 1.29 is 9.90 Å². The van der Waals surface area contributed by atoms with Crippen molar-refractivity contribution >= 4 is 23.4 Å². The van der Waals surface area contributed by atoms with Gasteiger partial charge in [0.25, 0.3) is 0 Å². The van der Waals surface area contributed by atoms with E-state index < -0.39 is 5.97 Å². The van der Waals surface area contributed by atoms with Gasteiger partial charge in [-0.2, -0.15) is 0 Å². The quantitative estimate of drug-likeness (QED) is 0.853. The summed E-state index contributed by atoms with van der Waals surface area (Å²) in [5, 5.41) is 9.52. The van der Waals surface area contributed by atoms with Crippen LogP contribution in [0.25, 0.3) is 0 Å². The van der Waals surface area contributed by atoms with E-state index in [0.717, 1.165) is 25.9 Å². The average Bonchev–Trinajstić information content (AvgIpc) is 2.77. The molecule has 0 bridgehead atoms. The maximum Gasteiger partial charge on any atom is 0.339 e. The number of anilines is 1. The summed E-state index contributed by atoms with van der Waals surface area (Å²) in [6.45, 7) is 3.91. The molecule has 1 aromatic rings. The van der Waals surface area contributed by atoms with Gasteiger partial charge >= 0.3 is 5.97 Å². The molecule has 2 rings (SSSR count). The van der Waals surface area contributed by atoms with Gasteiger partial charge in [0, 0.05) is 13.1 Å². The molecule has 5 heteroatoms. The van der Waals surface area contributed by atoms with Gasteiger partial charge in [0.15, 0.2) is 0 Å². The number of nitrogens with zero attached hydrogens (tertiary/aromatic N) is 2. The Morgan fingerprint density at radius 2 is 2.39 bits per heavy atom. The first-order valence-corrected chi connectivity index (χ1v) is 6.64. The number of rotatable bonds is 4. The Hall–Kier alpha value is -1.29. The second kappa shape index (κ2) is 5.57. The molecule has 0 radical (unpaired) electrons. The van der Waals surface area contributed by atoms with Crippen molar-refractivity contribution in [1.82, 2.24) is 4.98 Å². The van der Waals surface area contributed by atoms with Gasteiger partial charge in [0.05, 0.1) is 0 Å². The Kier molecular flexibility index (Phi) is 4.07. The number of hydrogen-bond acceptors (Lipinski definition) is 3. The Morgan fingerprint density at radius 1 is 1.61 bits per heavy atom. The zero-order valence-electron chi connectivity index (χ0n) is 10.4. The number of hydrogen-bond donors (Lipinski definition) is 1. The predicted octanol–water partition coefficient (Wildman–Crippen LogP) is 3.06. The highest BCUT2D eigenvalue weighted by atomic mass is 35.5. The van der Waals surface area contributed by atoms with Crippen LogP contribution in [0.3, 0.4) is 0 Å². The van der Waals surface area contributed by atoms with E-state index in [2.05, 4.69) is 11.9 Å². The molecule has 2 heterocycles. The third kappa shape index (κ3) is 2.75. The monoisotopic (exact) mass is 268 g/mol. The molecule has 1 unspecified atom stereocenters. The molecule has 1 aliphatic rings. The van der Waals surface area contributed by atoms with Crippen LogP contribution in [0, 0.1) is 5.92 Å². The van der Waals surface area contributed by atoms with Gasteiger partial charge in [-0.25, -0.2) is 9.78 Å². The largest absolute Gasteiger partial charge is 0.478 e. The topological polar surface area (TPSA) is 53.4 Å². The van der Waals surface area contributed by atoms with E-state index in [-0.39, 0.29) is 5.56 Å². The summed E-state index contributed by atoms with van der Waals surface area (Å²) in [4.78, 5) is 17.4. The van der Waals surface area contributed by atoms with Crippen LogP contribution in [0.5, 0.6) is 0 Å². The Balaban J connectivity index is 2.23. The van der Waals surface area contributed by atoms with E-state index >= 15 is 0 Å². The van der Waals surface area contributed by atoms with E-state index in [1.807, 2.05) is 4.90 Å². The third-order valence-corrected chi connectivity index (χ3v) is 3.56.